The third-order valence-corrected chi connectivity index (χ3v) is 1.98. The largest absolute Gasteiger partial charge is 0.497 e. The van der Waals surface area contributed by atoms with E-state index >= 15 is 0 Å². The van der Waals surface area contributed by atoms with E-state index in [1.165, 1.54) is 0 Å². The molecule has 0 aliphatic rings. The number of benzene rings is 1. The fraction of sp³-hybridized carbons (Fsp3) is 0.364. The average molecular weight is 225 g/mol. The highest BCUT2D eigenvalue weighted by Crippen LogP contribution is 2.19. The molecule has 16 heavy (non-hydrogen) atoms. The van der Waals surface area contributed by atoms with Crippen LogP contribution < -0.4 is 14.8 Å². The van der Waals surface area contributed by atoms with Gasteiger partial charge in [-0.1, -0.05) is 6.07 Å². The van der Waals surface area contributed by atoms with E-state index in [1.807, 2.05) is 0 Å². The Morgan fingerprint density at radius 1 is 1.50 bits per heavy atom. The van der Waals surface area contributed by atoms with Crippen LogP contribution in [0.4, 0.5) is 0 Å². The topological polar surface area (TPSA) is 67.8 Å². The standard InChI is InChI=1S/C11H15NO4/c1-12-7-10(11(13)14)16-9-5-3-4-8(6-9)15-2/h3-6,10,12H,7H2,1-2H3,(H,13,14). The lowest BCUT2D eigenvalue weighted by atomic mass is 10.3. The minimum atomic E-state index is -1.00. The fourth-order valence-corrected chi connectivity index (χ4v) is 1.20. The highest BCUT2D eigenvalue weighted by Gasteiger charge is 2.18. The molecule has 5 heteroatoms. The van der Waals surface area contributed by atoms with Crippen LogP contribution in [0, 0.1) is 0 Å². The molecule has 0 spiro atoms. The Hall–Kier alpha value is -1.75. The van der Waals surface area contributed by atoms with Crippen molar-refractivity contribution < 1.29 is 19.4 Å². The molecule has 0 fully saturated rings. The molecule has 0 radical (unpaired) electrons. The summed E-state index contributed by atoms with van der Waals surface area (Å²) >= 11 is 0. The molecule has 1 atom stereocenters. The highest BCUT2D eigenvalue weighted by atomic mass is 16.5. The second kappa shape index (κ2) is 5.97. The first-order valence-corrected chi connectivity index (χ1v) is 4.85. The summed E-state index contributed by atoms with van der Waals surface area (Å²) in [5, 5.41) is 11.7. The van der Waals surface area contributed by atoms with Crippen molar-refractivity contribution in [3.05, 3.63) is 24.3 Å². The Morgan fingerprint density at radius 3 is 2.75 bits per heavy atom. The maximum Gasteiger partial charge on any atom is 0.346 e. The zero-order valence-corrected chi connectivity index (χ0v) is 9.27. The van der Waals surface area contributed by atoms with Crippen molar-refractivity contribution in [1.29, 1.82) is 0 Å². The number of ether oxygens (including phenoxy) is 2. The molecule has 0 heterocycles. The van der Waals surface area contributed by atoms with E-state index in [4.69, 9.17) is 14.6 Å². The van der Waals surface area contributed by atoms with Crippen molar-refractivity contribution in [1.82, 2.24) is 5.32 Å². The zero-order valence-electron chi connectivity index (χ0n) is 9.27. The van der Waals surface area contributed by atoms with Gasteiger partial charge in [0.15, 0.2) is 0 Å². The summed E-state index contributed by atoms with van der Waals surface area (Å²) in [7, 11) is 3.21. The van der Waals surface area contributed by atoms with Crippen molar-refractivity contribution in [2.75, 3.05) is 20.7 Å². The molecule has 1 rings (SSSR count). The zero-order chi connectivity index (χ0) is 12.0. The predicted molar refractivity (Wildman–Crippen MR) is 59.0 cm³/mol. The Labute approximate surface area is 94.0 Å². The Morgan fingerprint density at radius 2 is 2.19 bits per heavy atom. The molecule has 88 valence electrons. The summed E-state index contributed by atoms with van der Waals surface area (Å²) in [5.74, 6) is 0.102. The molecule has 1 aromatic rings. The Kier molecular flexibility index (Phi) is 4.60. The molecule has 0 amide bonds. The molecule has 0 bridgehead atoms. The van der Waals surface area contributed by atoms with Crippen LogP contribution in [-0.2, 0) is 4.79 Å². The number of likely N-dealkylation sites (N-methyl/N-ethyl adjacent to an activating group) is 1. The lowest BCUT2D eigenvalue weighted by Gasteiger charge is -2.14. The summed E-state index contributed by atoms with van der Waals surface area (Å²) in [4.78, 5) is 10.9. The normalized spacial score (nSPS) is 11.9. The van der Waals surface area contributed by atoms with E-state index in [9.17, 15) is 4.79 Å². The highest BCUT2D eigenvalue weighted by molar-refractivity contribution is 5.73. The maximum atomic E-state index is 10.9. The summed E-state index contributed by atoms with van der Waals surface area (Å²) < 4.78 is 10.3. The molecule has 1 aromatic carbocycles. The van der Waals surface area contributed by atoms with Crippen LogP contribution in [0.1, 0.15) is 0 Å². The van der Waals surface area contributed by atoms with Crippen LogP contribution >= 0.6 is 0 Å². The minimum absolute atomic E-state index is 0.243. The van der Waals surface area contributed by atoms with Crippen molar-refractivity contribution in [3.8, 4) is 11.5 Å². The van der Waals surface area contributed by atoms with Gasteiger partial charge in [0.1, 0.15) is 11.5 Å². The number of carboxylic acid groups (broad SMARTS) is 1. The van der Waals surface area contributed by atoms with Gasteiger partial charge in [-0.05, 0) is 19.2 Å². The van der Waals surface area contributed by atoms with Crippen molar-refractivity contribution in [2.24, 2.45) is 0 Å². The molecule has 0 aromatic heterocycles. The van der Waals surface area contributed by atoms with Gasteiger partial charge in [0.05, 0.1) is 7.11 Å². The van der Waals surface area contributed by atoms with Crippen molar-refractivity contribution in [2.45, 2.75) is 6.10 Å². The molecule has 2 N–H and O–H groups in total. The van der Waals surface area contributed by atoms with E-state index in [-0.39, 0.29) is 6.54 Å². The van der Waals surface area contributed by atoms with Crippen LogP contribution in [-0.4, -0.2) is 37.9 Å². The maximum absolute atomic E-state index is 10.9. The van der Waals surface area contributed by atoms with Gasteiger partial charge in [0.25, 0.3) is 0 Å². The summed E-state index contributed by atoms with van der Waals surface area (Å²) in [6.45, 7) is 0.243. The lowest BCUT2D eigenvalue weighted by molar-refractivity contribution is -0.144. The third kappa shape index (κ3) is 3.43. The van der Waals surface area contributed by atoms with Gasteiger partial charge in [-0.2, -0.15) is 0 Å². The SMILES string of the molecule is CNCC(Oc1cccc(OC)c1)C(=O)O. The molecule has 0 saturated heterocycles. The van der Waals surface area contributed by atoms with E-state index in [1.54, 1.807) is 38.4 Å². The number of carbonyl (C=O) groups is 1. The number of methoxy groups -OCH3 is 1. The minimum Gasteiger partial charge on any atom is -0.497 e. The van der Waals surface area contributed by atoms with E-state index in [0.717, 1.165) is 0 Å². The van der Waals surface area contributed by atoms with Gasteiger partial charge >= 0.3 is 5.97 Å². The number of hydrogen-bond donors (Lipinski definition) is 2. The third-order valence-electron chi connectivity index (χ3n) is 1.98. The monoisotopic (exact) mass is 225 g/mol. The van der Waals surface area contributed by atoms with Gasteiger partial charge in [0, 0.05) is 12.6 Å². The van der Waals surface area contributed by atoms with Gasteiger partial charge < -0.3 is 19.9 Å². The molecule has 0 aliphatic carbocycles. The number of hydrogen-bond acceptors (Lipinski definition) is 4. The van der Waals surface area contributed by atoms with Crippen LogP contribution in [0.5, 0.6) is 11.5 Å². The molecular weight excluding hydrogens is 210 g/mol. The molecule has 5 nitrogen and oxygen atoms in total. The van der Waals surface area contributed by atoms with Gasteiger partial charge in [-0.25, -0.2) is 4.79 Å². The number of aliphatic carboxylic acids is 1. The second-order valence-electron chi connectivity index (χ2n) is 3.18. The lowest BCUT2D eigenvalue weighted by Crippen LogP contribution is -2.36. The summed E-state index contributed by atoms with van der Waals surface area (Å²) in [5.41, 5.74) is 0. The van der Waals surface area contributed by atoms with E-state index in [2.05, 4.69) is 5.32 Å². The fourth-order valence-electron chi connectivity index (χ4n) is 1.20. The average Bonchev–Trinajstić information content (AvgIpc) is 2.28. The van der Waals surface area contributed by atoms with E-state index < -0.39 is 12.1 Å². The Balaban J connectivity index is 2.72. The molecular formula is C11H15NO4. The van der Waals surface area contributed by atoms with Crippen LogP contribution in [0.25, 0.3) is 0 Å². The van der Waals surface area contributed by atoms with Crippen molar-refractivity contribution >= 4 is 5.97 Å². The second-order valence-corrected chi connectivity index (χ2v) is 3.18. The van der Waals surface area contributed by atoms with Crippen LogP contribution in [0.3, 0.4) is 0 Å². The van der Waals surface area contributed by atoms with Gasteiger partial charge in [-0.15, -0.1) is 0 Å². The van der Waals surface area contributed by atoms with Gasteiger partial charge in [0.2, 0.25) is 6.10 Å². The molecule has 0 saturated carbocycles. The first-order valence-electron chi connectivity index (χ1n) is 4.85. The summed E-state index contributed by atoms with van der Waals surface area (Å²) in [6.07, 6.45) is -0.905. The smallest absolute Gasteiger partial charge is 0.346 e. The van der Waals surface area contributed by atoms with Gasteiger partial charge in [-0.3, -0.25) is 0 Å². The number of nitrogens with one attached hydrogen (secondary N) is 1. The number of carboxylic acids is 1. The van der Waals surface area contributed by atoms with E-state index in [0.29, 0.717) is 11.5 Å². The first-order chi connectivity index (χ1) is 7.67. The first kappa shape index (κ1) is 12.3. The van der Waals surface area contributed by atoms with Crippen LogP contribution in [0.2, 0.25) is 0 Å². The molecule has 0 aliphatic heterocycles. The number of rotatable bonds is 6. The molecule has 1 unspecified atom stereocenters. The summed E-state index contributed by atoms with van der Waals surface area (Å²) in [6, 6.07) is 6.84. The predicted octanol–water partition coefficient (Wildman–Crippen LogP) is 0.747. The Bertz CT molecular complexity index is 354. The van der Waals surface area contributed by atoms with Crippen molar-refractivity contribution in [3.63, 3.8) is 0 Å². The van der Waals surface area contributed by atoms with Crippen LogP contribution in [0.15, 0.2) is 24.3 Å². The quantitative estimate of drug-likeness (QED) is 0.747.